The second-order valence-electron chi connectivity index (χ2n) is 7.12. The van der Waals surface area contributed by atoms with Crippen LogP contribution in [0.2, 0.25) is 10.0 Å². The molecule has 0 spiro atoms. The van der Waals surface area contributed by atoms with Gasteiger partial charge in [-0.2, -0.15) is 4.80 Å². The zero-order valence-corrected chi connectivity index (χ0v) is 19.6. The zero-order chi connectivity index (χ0) is 24.0. The van der Waals surface area contributed by atoms with Gasteiger partial charge < -0.3 is 10.1 Å². The molecule has 2 heterocycles. The molecule has 5 aromatic rings. The van der Waals surface area contributed by atoms with E-state index in [0.717, 1.165) is 11.3 Å². The van der Waals surface area contributed by atoms with Crippen molar-refractivity contribution in [2.45, 2.75) is 0 Å². The first kappa shape index (κ1) is 22.1. The van der Waals surface area contributed by atoms with Crippen LogP contribution in [0.3, 0.4) is 0 Å². The Bertz CT molecular complexity index is 1610. The molecule has 0 aliphatic heterocycles. The third-order valence-corrected chi connectivity index (χ3v) is 7.07. The van der Waals surface area contributed by atoms with Crippen LogP contribution in [0.5, 0.6) is 5.75 Å². The van der Waals surface area contributed by atoms with Gasteiger partial charge in [0.1, 0.15) is 26.4 Å². The molecule has 0 bridgehead atoms. The van der Waals surface area contributed by atoms with E-state index in [0.29, 0.717) is 43.3 Å². The molecule has 0 fully saturated rings. The number of amides is 1. The largest absolute Gasteiger partial charge is 0.495 e. The highest BCUT2D eigenvalue weighted by Gasteiger charge is 2.23. The summed E-state index contributed by atoms with van der Waals surface area (Å²) in [4.78, 5) is 25.4. The number of methoxy groups -OCH3 is 1. The smallest absolute Gasteiger partial charge is 0.287 e. The molecule has 12 heteroatoms. The van der Waals surface area contributed by atoms with Crippen molar-refractivity contribution in [1.82, 2.24) is 15.0 Å². The first-order chi connectivity index (χ1) is 16.4. The zero-order valence-electron chi connectivity index (χ0n) is 17.3. The number of non-ortho nitro benzene ring substituents is 1. The maximum absolute atomic E-state index is 12.9. The van der Waals surface area contributed by atoms with E-state index >= 15 is 0 Å². The van der Waals surface area contributed by atoms with Crippen LogP contribution in [-0.2, 0) is 0 Å². The number of nitrogens with zero attached hydrogens (tertiary/aromatic N) is 4. The summed E-state index contributed by atoms with van der Waals surface area (Å²) >= 11 is 13.6. The number of hydrogen-bond acceptors (Lipinski definition) is 7. The minimum atomic E-state index is -0.496. The summed E-state index contributed by atoms with van der Waals surface area (Å²) in [5.41, 5.74) is 2.18. The van der Waals surface area contributed by atoms with Crippen LogP contribution in [0.25, 0.3) is 26.8 Å². The van der Waals surface area contributed by atoms with Crippen molar-refractivity contribution in [3.8, 4) is 11.4 Å². The molecule has 0 atom stereocenters. The van der Waals surface area contributed by atoms with Crippen molar-refractivity contribution < 1.29 is 14.5 Å². The number of fused-ring (bicyclic) bond motifs is 2. The van der Waals surface area contributed by atoms with Crippen LogP contribution in [0.15, 0.2) is 54.6 Å². The van der Waals surface area contributed by atoms with Crippen molar-refractivity contribution in [1.29, 1.82) is 0 Å². The Morgan fingerprint density at radius 2 is 1.91 bits per heavy atom. The van der Waals surface area contributed by atoms with Gasteiger partial charge in [0, 0.05) is 17.1 Å². The second kappa shape index (κ2) is 8.56. The third kappa shape index (κ3) is 3.81. The van der Waals surface area contributed by atoms with Gasteiger partial charge in [0.15, 0.2) is 0 Å². The Morgan fingerprint density at radius 1 is 1.12 bits per heavy atom. The second-order valence-corrected chi connectivity index (χ2v) is 8.93. The minimum absolute atomic E-state index is 0.0971. The molecule has 1 amide bonds. The average molecular weight is 514 g/mol. The number of carbonyl (C=O) groups excluding carboxylic acids is 1. The fourth-order valence-electron chi connectivity index (χ4n) is 3.44. The Kier molecular flexibility index (Phi) is 5.56. The molecule has 170 valence electrons. The van der Waals surface area contributed by atoms with E-state index < -0.39 is 10.8 Å². The molecule has 3 aromatic carbocycles. The molecule has 2 aromatic heterocycles. The minimum Gasteiger partial charge on any atom is -0.495 e. The quantitative estimate of drug-likeness (QED) is 0.224. The van der Waals surface area contributed by atoms with E-state index in [1.807, 2.05) is 0 Å². The number of anilines is 1. The number of halogens is 2. The predicted molar refractivity (Wildman–Crippen MR) is 132 cm³/mol. The molecular formula is C22H13Cl2N5O4S. The molecule has 0 aliphatic carbocycles. The maximum Gasteiger partial charge on any atom is 0.287 e. The fourth-order valence-corrected chi connectivity index (χ4v) is 5.18. The van der Waals surface area contributed by atoms with Crippen molar-refractivity contribution >= 4 is 72.9 Å². The maximum atomic E-state index is 12.9. The van der Waals surface area contributed by atoms with E-state index in [9.17, 15) is 14.9 Å². The highest BCUT2D eigenvalue weighted by Crippen LogP contribution is 2.40. The third-order valence-electron chi connectivity index (χ3n) is 5.04. The number of nitro groups is 1. The van der Waals surface area contributed by atoms with Crippen LogP contribution < -0.4 is 10.1 Å². The van der Waals surface area contributed by atoms with E-state index in [2.05, 4.69) is 15.5 Å². The van der Waals surface area contributed by atoms with Crippen LogP contribution in [-0.4, -0.2) is 32.9 Å². The standard InChI is InChI=1S/C22H13Cl2N5O4S/c1-33-18-8-6-12(10-14(18)23)28-26-15-7-5-11(9-16(15)27-28)25-22(30)21-19(24)13-3-2-4-17(29(31)32)20(13)34-21/h2-10H,1H3,(H,25,30). The van der Waals surface area contributed by atoms with Gasteiger partial charge in [-0.25, -0.2) is 0 Å². The molecule has 0 saturated heterocycles. The summed E-state index contributed by atoms with van der Waals surface area (Å²) in [6, 6.07) is 14.8. The molecular weight excluding hydrogens is 501 g/mol. The Labute approximate surface area is 205 Å². The lowest BCUT2D eigenvalue weighted by atomic mass is 10.2. The highest BCUT2D eigenvalue weighted by molar-refractivity contribution is 7.22. The Hall–Kier alpha value is -3.73. The van der Waals surface area contributed by atoms with Gasteiger partial charge in [0.2, 0.25) is 0 Å². The fraction of sp³-hybridized carbons (Fsp3) is 0.0455. The lowest BCUT2D eigenvalue weighted by Gasteiger charge is -2.04. The number of ether oxygens (including phenoxy) is 1. The number of nitro benzene ring substituents is 1. The van der Waals surface area contributed by atoms with E-state index in [1.54, 1.807) is 42.5 Å². The summed E-state index contributed by atoms with van der Waals surface area (Å²) in [6.45, 7) is 0. The summed E-state index contributed by atoms with van der Waals surface area (Å²) < 4.78 is 5.51. The molecule has 9 nitrogen and oxygen atoms in total. The van der Waals surface area contributed by atoms with Crippen molar-refractivity contribution in [3.63, 3.8) is 0 Å². The summed E-state index contributed by atoms with van der Waals surface area (Å²) in [6.07, 6.45) is 0. The summed E-state index contributed by atoms with van der Waals surface area (Å²) in [7, 11) is 1.53. The number of benzene rings is 3. The number of hydrogen-bond donors (Lipinski definition) is 1. The summed E-state index contributed by atoms with van der Waals surface area (Å²) in [5.74, 6) is 0.0616. The number of nitrogens with one attached hydrogen (secondary N) is 1. The Balaban J connectivity index is 1.45. The van der Waals surface area contributed by atoms with E-state index in [4.69, 9.17) is 27.9 Å². The first-order valence-corrected chi connectivity index (χ1v) is 11.3. The SMILES string of the molecule is COc1ccc(-n2nc3ccc(NC(=O)c4sc5c([N+](=O)[O-])cccc5c4Cl)cc3n2)cc1Cl. The van der Waals surface area contributed by atoms with Crippen molar-refractivity contribution in [3.05, 3.63) is 79.6 Å². The molecule has 0 saturated carbocycles. The molecule has 5 rings (SSSR count). The molecule has 1 N–H and O–H groups in total. The van der Waals surface area contributed by atoms with Gasteiger partial charge in [-0.05, 0) is 36.4 Å². The molecule has 0 unspecified atom stereocenters. The van der Waals surface area contributed by atoms with E-state index in [-0.39, 0.29) is 15.6 Å². The van der Waals surface area contributed by atoms with Crippen molar-refractivity contribution in [2.24, 2.45) is 0 Å². The molecule has 0 radical (unpaired) electrons. The van der Waals surface area contributed by atoms with Crippen LogP contribution in [0.1, 0.15) is 9.67 Å². The van der Waals surface area contributed by atoms with Gasteiger partial charge in [0.25, 0.3) is 11.6 Å². The lowest BCUT2D eigenvalue weighted by Crippen LogP contribution is -2.10. The van der Waals surface area contributed by atoms with Gasteiger partial charge in [0.05, 0.1) is 27.8 Å². The number of rotatable bonds is 5. The summed E-state index contributed by atoms with van der Waals surface area (Å²) in [5, 5.41) is 24.0. The van der Waals surface area contributed by atoms with E-state index in [1.165, 1.54) is 24.0 Å². The van der Waals surface area contributed by atoms with Crippen LogP contribution in [0, 0.1) is 10.1 Å². The topological polar surface area (TPSA) is 112 Å². The van der Waals surface area contributed by atoms with Gasteiger partial charge >= 0.3 is 0 Å². The highest BCUT2D eigenvalue weighted by atomic mass is 35.5. The van der Waals surface area contributed by atoms with Crippen molar-refractivity contribution in [2.75, 3.05) is 12.4 Å². The van der Waals surface area contributed by atoms with Gasteiger partial charge in [-0.15, -0.1) is 21.5 Å². The number of carbonyl (C=O) groups is 1. The average Bonchev–Trinajstić information content (AvgIpc) is 3.40. The molecule has 0 aliphatic rings. The Morgan fingerprint density at radius 3 is 2.65 bits per heavy atom. The molecule has 34 heavy (non-hydrogen) atoms. The lowest BCUT2D eigenvalue weighted by molar-refractivity contribution is -0.382. The monoisotopic (exact) mass is 513 g/mol. The van der Waals surface area contributed by atoms with Gasteiger partial charge in [-0.1, -0.05) is 35.3 Å². The normalized spacial score (nSPS) is 11.1. The predicted octanol–water partition coefficient (Wildman–Crippen LogP) is 6.11. The van der Waals surface area contributed by atoms with Crippen LogP contribution >= 0.6 is 34.5 Å². The number of aromatic nitrogens is 3. The first-order valence-electron chi connectivity index (χ1n) is 9.73. The van der Waals surface area contributed by atoms with Crippen LogP contribution in [0.4, 0.5) is 11.4 Å². The number of thiophene rings is 1. The van der Waals surface area contributed by atoms with Gasteiger partial charge in [-0.3, -0.25) is 14.9 Å².